The minimum Gasteiger partial charge on any atom is -0.481 e. The van der Waals surface area contributed by atoms with E-state index in [0.29, 0.717) is 315 Å². The second-order valence-electron chi connectivity index (χ2n) is 36.7. The zero-order valence-corrected chi connectivity index (χ0v) is 87.9. The summed E-state index contributed by atoms with van der Waals surface area (Å²) in [7, 11) is 0. The van der Waals surface area contributed by atoms with Crippen LogP contribution in [0.2, 0.25) is 0 Å². The second-order valence-corrected chi connectivity index (χ2v) is 36.7. The number of hydrogen-bond acceptors (Lipinski definition) is 36. The van der Waals surface area contributed by atoms with Crippen LogP contribution in [-0.2, 0) is 172 Å². The highest BCUT2D eigenvalue weighted by atomic mass is 16.6. The summed E-state index contributed by atoms with van der Waals surface area (Å²) in [5.74, 6) is -6.63. The summed E-state index contributed by atoms with van der Waals surface area (Å²) in [4.78, 5) is 217. The van der Waals surface area contributed by atoms with Crippen LogP contribution in [0.3, 0.4) is 0 Å². The van der Waals surface area contributed by atoms with E-state index in [9.17, 15) is 86.3 Å². The third-order valence-corrected chi connectivity index (χ3v) is 22.9. The maximum Gasteiger partial charge on any atom is 0.311 e. The van der Waals surface area contributed by atoms with Crippen LogP contribution in [0.25, 0.3) is 0 Å². The molecule has 0 radical (unpaired) electrons. The van der Waals surface area contributed by atoms with E-state index in [2.05, 4.69) is 0 Å². The third kappa shape index (κ3) is 95.9. The second kappa shape index (κ2) is 98.1. The van der Waals surface area contributed by atoms with Crippen molar-refractivity contribution in [3.63, 3.8) is 0 Å². The predicted octanol–water partition coefficient (Wildman–Crippen LogP) is 19.1. The van der Waals surface area contributed by atoms with Gasteiger partial charge in [0, 0.05) is 103 Å². The van der Waals surface area contributed by atoms with Gasteiger partial charge in [0.25, 0.3) is 0 Å². The number of unbranched alkanes of at least 4 members (excludes halogenated alkanes) is 31. The maximum absolute atomic E-state index is 12.4. The Bertz CT molecular complexity index is 3340. The fraction of sp³-hybridized carbons (Fsp3) is 0.832. The minimum atomic E-state index is -1.14. The molecule has 1 unspecified atom stereocenters. The molecule has 0 rings (SSSR count). The van der Waals surface area contributed by atoms with Crippen LogP contribution >= 0.6 is 0 Å². The lowest BCUT2D eigenvalue weighted by Gasteiger charge is -2.23. The fourth-order valence-electron chi connectivity index (χ4n) is 13.6. The number of carboxylic acid groups (broad SMARTS) is 1. The molecule has 37 nitrogen and oxygen atoms in total. The molecule has 0 aliphatic carbocycles. The highest BCUT2D eigenvalue weighted by Gasteiger charge is 2.29. The van der Waals surface area contributed by atoms with Gasteiger partial charge in [-0.3, -0.25) is 86.3 Å². The molecule has 0 aromatic rings. The van der Waals surface area contributed by atoms with Crippen molar-refractivity contribution in [2.75, 3.05) is 119 Å². The van der Waals surface area contributed by atoms with Crippen molar-refractivity contribution >= 4 is 107 Å². The summed E-state index contributed by atoms with van der Waals surface area (Å²) < 4.78 is 95.7. The van der Waals surface area contributed by atoms with Crippen molar-refractivity contribution in [3.8, 4) is 0 Å². The van der Waals surface area contributed by atoms with Crippen LogP contribution in [0.15, 0.2) is 0 Å². The molecular weight excluding hydrogens is 1880 g/mol. The van der Waals surface area contributed by atoms with E-state index in [1.165, 1.54) is 0 Å². The van der Waals surface area contributed by atoms with E-state index in [-0.39, 0.29) is 278 Å². The first-order chi connectivity index (χ1) is 69.6. The number of carbonyl (C=O) groups is 18. The Balaban J connectivity index is 3.60. The van der Waals surface area contributed by atoms with Crippen LogP contribution in [0.1, 0.15) is 445 Å². The molecule has 830 valence electrons. The first kappa shape index (κ1) is 134. The van der Waals surface area contributed by atoms with Gasteiger partial charge in [0.1, 0.15) is 6.61 Å². The summed E-state index contributed by atoms with van der Waals surface area (Å²) in [6.45, 7) is 11.7. The van der Waals surface area contributed by atoms with Gasteiger partial charge in [-0.25, -0.2) is 0 Å². The molecule has 0 saturated heterocycles. The first-order valence-corrected chi connectivity index (χ1v) is 54.1. The lowest BCUT2D eigenvalue weighted by molar-refractivity contribution is -0.168. The lowest BCUT2D eigenvalue weighted by atomic mass is 9.91. The molecule has 1 atom stereocenters. The van der Waals surface area contributed by atoms with Gasteiger partial charge in [-0.15, -0.1) is 0 Å². The number of rotatable bonds is 103. The Morgan fingerprint density at radius 1 is 0.181 bits per heavy atom. The Kier molecular flexibility index (Phi) is 91.6. The number of esters is 17. The van der Waals surface area contributed by atoms with E-state index >= 15 is 0 Å². The lowest BCUT2D eigenvalue weighted by Crippen LogP contribution is -2.33. The number of ether oxygens (including phenoxy) is 18. The molecule has 0 amide bonds. The molecule has 37 heteroatoms. The molecule has 0 saturated carbocycles. The zero-order chi connectivity index (χ0) is 106. The summed E-state index contributed by atoms with van der Waals surface area (Å²) in [6, 6.07) is 0. The van der Waals surface area contributed by atoms with Crippen molar-refractivity contribution in [1.82, 2.24) is 0 Å². The summed E-state index contributed by atoms with van der Waals surface area (Å²) in [5, 5.41) is 8.85. The van der Waals surface area contributed by atoms with Crippen molar-refractivity contribution in [2.24, 2.45) is 5.41 Å². The molecule has 0 heterocycles. The highest BCUT2D eigenvalue weighted by molar-refractivity contribution is 5.78. The van der Waals surface area contributed by atoms with Gasteiger partial charge in [-0.1, -0.05) is 26.7 Å². The zero-order valence-electron chi connectivity index (χ0n) is 87.9. The van der Waals surface area contributed by atoms with Gasteiger partial charge in [0.15, 0.2) is 6.10 Å². The van der Waals surface area contributed by atoms with Crippen LogP contribution in [-0.4, -0.2) is 238 Å². The first-order valence-electron chi connectivity index (χ1n) is 54.1. The Morgan fingerprint density at radius 2 is 0.340 bits per heavy atom. The van der Waals surface area contributed by atoms with Crippen LogP contribution in [0.5, 0.6) is 0 Å². The monoisotopic (exact) mass is 2060 g/mol. The molecule has 0 aromatic heterocycles. The molecule has 0 fully saturated rings. The average Bonchev–Trinajstić information content (AvgIpc) is 0.884. The smallest absolute Gasteiger partial charge is 0.311 e. The summed E-state index contributed by atoms with van der Waals surface area (Å²) >= 11 is 0. The Morgan fingerprint density at radius 3 is 0.493 bits per heavy atom. The van der Waals surface area contributed by atoms with Gasteiger partial charge >= 0.3 is 107 Å². The topological polar surface area (TPSA) is 494 Å². The van der Waals surface area contributed by atoms with Gasteiger partial charge in [0.05, 0.1) is 124 Å². The Hall–Kier alpha value is -9.58. The Labute approximate surface area is 855 Å². The van der Waals surface area contributed by atoms with Gasteiger partial charge < -0.3 is 90.4 Å². The standard InChI is InChI=1S/C107H180O37/c1-5-7-71-128-90(110)54-24-9-39-73-130-92(112)56-26-11-41-75-132-94(114)58-28-13-43-77-134-96(116)60-30-15-45-79-136-98(118)62-32-17-47-81-138-100(120)64-34-19-49-83-140-102(122)66-36-21-51-85-142-104(124)67-37-22-52-84-141-103(123)65-35-20-50-82-139-101(121)63-33-18-48-80-137-99(119)61-31-16-46-78-135-97(117)59-29-14-44-76-133-95(115)57-27-12-42-74-131-93(113)55-25-10-40-72-129-91(111)53-23-8-38-70-127-86-88(144-105(125)69-68-89(108)109)87-143-106(126)107(3,4)6-2/h88H,5-87H2,1-4H3,(H,108,109). The number of carboxylic acids is 1. The van der Waals surface area contributed by atoms with Gasteiger partial charge in [-0.05, 0) is 309 Å². The molecule has 0 bridgehead atoms. The molecule has 0 spiro atoms. The molecule has 0 aliphatic rings. The van der Waals surface area contributed by atoms with Crippen molar-refractivity contribution in [1.29, 1.82) is 0 Å². The van der Waals surface area contributed by atoms with Crippen molar-refractivity contribution in [3.05, 3.63) is 0 Å². The number of aliphatic carboxylic acids is 1. The summed E-state index contributed by atoms with van der Waals surface area (Å²) in [6.07, 6.45) is 34.1. The minimum absolute atomic E-state index is 0.0474. The summed E-state index contributed by atoms with van der Waals surface area (Å²) in [5.41, 5.74) is -0.720. The predicted molar refractivity (Wildman–Crippen MR) is 529 cm³/mol. The number of carbonyl (C=O) groups excluding carboxylic acids is 17. The quantitative estimate of drug-likeness (QED) is 0.0336. The van der Waals surface area contributed by atoms with E-state index in [0.717, 1.165) is 32.1 Å². The average molecular weight is 2060 g/mol. The van der Waals surface area contributed by atoms with E-state index in [4.69, 9.17) is 90.4 Å². The van der Waals surface area contributed by atoms with Crippen molar-refractivity contribution in [2.45, 2.75) is 451 Å². The van der Waals surface area contributed by atoms with Gasteiger partial charge in [0.2, 0.25) is 0 Å². The molecular formula is C107H180O37. The van der Waals surface area contributed by atoms with Crippen LogP contribution in [0.4, 0.5) is 0 Å². The molecule has 0 aromatic carbocycles. The SMILES string of the molecule is CCCCOC(=O)CCCCCOC(=O)CCCCCOC(=O)CCCCCOC(=O)CCCCCOC(=O)CCCCCOC(=O)CCCCCOC(=O)CCCCCOC(=O)CCCCCOC(=O)CCCCCOC(=O)CCCCCOC(=O)CCCCCOC(=O)CCCCCOC(=O)CCCCCOC(=O)CCCCCOC(=O)CCCCCOCC(COC(=O)C(C)(C)CC)OC(=O)CCC(=O)O. The largest absolute Gasteiger partial charge is 0.481 e. The maximum atomic E-state index is 12.4. The normalized spacial score (nSPS) is 11.2. The molecule has 1 N–H and O–H groups in total. The van der Waals surface area contributed by atoms with E-state index < -0.39 is 29.4 Å². The highest BCUT2D eigenvalue weighted by Crippen LogP contribution is 2.23. The number of hydrogen-bond donors (Lipinski definition) is 1. The van der Waals surface area contributed by atoms with E-state index in [1.54, 1.807) is 13.8 Å². The van der Waals surface area contributed by atoms with Crippen molar-refractivity contribution < 1.29 is 177 Å². The molecule has 0 aliphatic heterocycles. The third-order valence-electron chi connectivity index (χ3n) is 22.9. The van der Waals surface area contributed by atoms with E-state index in [1.807, 2.05) is 13.8 Å². The van der Waals surface area contributed by atoms with Crippen LogP contribution in [0, 0.1) is 5.41 Å². The van der Waals surface area contributed by atoms with Gasteiger partial charge in [-0.2, -0.15) is 0 Å². The van der Waals surface area contributed by atoms with Crippen LogP contribution < -0.4 is 0 Å². The molecule has 144 heavy (non-hydrogen) atoms. The fourth-order valence-corrected chi connectivity index (χ4v) is 13.6.